The van der Waals surface area contributed by atoms with Crippen LogP contribution in [0.3, 0.4) is 0 Å². The molecule has 0 bridgehead atoms. The molecule has 2 nitrogen and oxygen atoms in total. The topological polar surface area (TPSA) is 38.9 Å². The highest BCUT2D eigenvalue weighted by Crippen LogP contribution is 2.38. The average molecular weight is 229 g/mol. The average Bonchev–Trinajstić information content (AvgIpc) is 2.23. The molecule has 1 saturated heterocycles. The molecule has 1 aliphatic heterocycles. The maximum atomic E-state index is 5.78. The number of pyridine rings is 1. The van der Waals surface area contributed by atoms with E-state index in [0.29, 0.717) is 16.1 Å². The van der Waals surface area contributed by atoms with E-state index in [2.05, 4.69) is 4.98 Å². The lowest BCUT2D eigenvalue weighted by molar-refractivity contribution is 0.685. The van der Waals surface area contributed by atoms with Crippen molar-refractivity contribution in [2.24, 2.45) is 0 Å². The first kappa shape index (κ1) is 10.1. The van der Waals surface area contributed by atoms with Crippen LogP contribution in [-0.2, 0) is 0 Å². The van der Waals surface area contributed by atoms with Crippen LogP contribution >= 0.6 is 23.4 Å². The van der Waals surface area contributed by atoms with E-state index >= 15 is 0 Å². The van der Waals surface area contributed by atoms with Gasteiger partial charge in [-0.15, -0.1) is 0 Å². The molecule has 1 aromatic rings. The van der Waals surface area contributed by atoms with Crippen LogP contribution in [0.4, 0.5) is 5.69 Å². The molecule has 2 heterocycles. The molecule has 0 amide bonds. The fourth-order valence-electron chi connectivity index (χ4n) is 1.66. The smallest absolute Gasteiger partial charge is 0.151 e. The summed E-state index contributed by atoms with van der Waals surface area (Å²) in [6.07, 6.45) is 5.72. The van der Waals surface area contributed by atoms with Crippen molar-refractivity contribution >= 4 is 29.1 Å². The van der Waals surface area contributed by atoms with Gasteiger partial charge in [0, 0.05) is 11.4 Å². The van der Waals surface area contributed by atoms with Crippen LogP contribution in [0, 0.1) is 0 Å². The molecule has 14 heavy (non-hydrogen) atoms. The summed E-state index contributed by atoms with van der Waals surface area (Å²) in [5.74, 6) is 1.24. The summed E-state index contributed by atoms with van der Waals surface area (Å²) < 4.78 is 0. The normalized spacial score (nSPS) is 22.2. The fourth-order valence-corrected chi connectivity index (χ4v) is 3.08. The molecule has 2 N–H and O–H groups in total. The van der Waals surface area contributed by atoms with E-state index in [4.69, 9.17) is 17.3 Å². The predicted molar refractivity (Wildman–Crippen MR) is 62.7 cm³/mol. The lowest BCUT2D eigenvalue weighted by Gasteiger charge is -2.21. The zero-order chi connectivity index (χ0) is 9.97. The van der Waals surface area contributed by atoms with Crippen molar-refractivity contribution in [3.8, 4) is 0 Å². The summed E-state index contributed by atoms with van der Waals surface area (Å²) in [7, 11) is 0. The number of nitrogen functional groups attached to an aromatic ring is 1. The molecule has 4 heteroatoms. The summed E-state index contributed by atoms with van der Waals surface area (Å²) in [6.45, 7) is 0. The van der Waals surface area contributed by atoms with E-state index in [-0.39, 0.29) is 0 Å². The van der Waals surface area contributed by atoms with Crippen molar-refractivity contribution in [3.05, 3.63) is 23.0 Å². The summed E-state index contributed by atoms with van der Waals surface area (Å²) >= 11 is 7.77. The number of thioether (sulfide) groups is 1. The van der Waals surface area contributed by atoms with Gasteiger partial charge in [-0.1, -0.05) is 18.0 Å². The van der Waals surface area contributed by atoms with Crippen LogP contribution in [0.15, 0.2) is 12.3 Å². The number of halogens is 1. The molecule has 2 rings (SSSR count). The number of rotatable bonds is 1. The van der Waals surface area contributed by atoms with Crippen LogP contribution in [0.25, 0.3) is 0 Å². The number of nitrogens with two attached hydrogens (primary N) is 1. The van der Waals surface area contributed by atoms with Crippen LogP contribution < -0.4 is 5.73 Å². The van der Waals surface area contributed by atoms with Crippen molar-refractivity contribution < 1.29 is 0 Å². The summed E-state index contributed by atoms with van der Waals surface area (Å²) in [4.78, 5) is 4.08. The first-order valence-electron chi connectivity index (χ1n) is 4.80. The number of hydrogen-bond donors (Lipinski definition) is 1. The van der Waals surface area contributed by atoms with Gasteiger partial charge in [0.05, 0.1) is 5.69 Å². The zero-order valence-corrected chi connectivity index (χ0v) is 9.44. The van der Waals surface area contributed by atoms with Gasteiger partial charge >= 0.3 is 0 Å². The lowest BCUT2D eigenvalue weighted by atomic mass is 10.1. The second-order valence-electron chi connectivity index (χ2n) is 3.50. The summed E-state index contributed by atoms with van der Waals surface area (Å²) in [5, 5.41) is 0.977. The molecule has 1 aliphatic rings. The van der Waals surface area contributed by atoms with Crippen molar-refractivity contribution in [3.63, 3.8) is 0 Å². The minimum Gasteiger partial charge on any atom is -0.396 e. The van der Waals surface area contributed by atoms with Gasteiger partial charge in [0.2, 0.25) is 0 Å². The van der Waals surface area contributed by atoms with Crippen LogP contribution in [-0.4, -0.2) is 10.7 Å². The van der Waals surface area contributed by atoms with E-state index in [0.717, 1.165) is 0 Å². The third-order valence-electron chi connectivity index (χ3n) is 2.44. The van der Waals surface area contributed by atoms with E-state index in [1.807, 2.05) is 24.0 Å². The Balaban J connectivity index is 2.18. The summed E-state index contributed by atoms with van der Waals surface area (Å²) in [5.41, 5.74) is 7.54. The Morgan fingerprint density at radius 1 is 1.50 bits per heavy atom. The standard InChI is InChI=1S/C10H13ClN2S/c11-10-8(12)5-7(6-13-10)9-3-1-2-4-14-9/h5-6,9H,1-4,12H2. The molecule has 0 saturated carbocycles. The van der Waals surface area contributed by atoms with Crippen molar-refractivity contribution in [1.82, 2.24) is 4.98 Å². The number of anilines is 1. The summed E-state index contributed by atoms with van der Waals surface area (Å²) in [6, 6.07) is 1.96. The Hall–Kier alpha value is -0.410. The Bertz CT molecular complexity index is 324. The van der Waals surface area contributed by atoms with Crippen molar-refractivity contribution in [2.75, 3.05) is 11.5 Å². The number of nitrogens with zero attached hydrogens (tertiary/aromatic N) is 1. The highest BCUT2D eigenvalue weighted by atomic mass is 35.5. The van der Waals surface area contributed by atoms with Gasteiger partial charge in [0.15, 0.2) is 5.15 Å². The highest BCUT2D eigenvalue weighted by molar-refractivity contribution is 7.99. The highest BCUT2D eigenvalue weighted by Gasteiger charge is 2.16. The van der Waals surface area contributed by atoms with Gasteiger partial charge < -0.3 is 5.73 Å². The van der Waals surface area contributed by atoms with E-state index < -0.39 is 0 Å². The predicted octanol–water partition coefficient (Wildman–Crippen LogP) is 3.28. The monoisotopic (exact) mass is 228 g/mol. The molecular formula is C10H13ClN2S. The van der Waals surface area contributed by atoms with E-state index in [1.54, 1.807) is 0 Å². The molecule has 0 aliphatic carbocycles. The molecule has 76 valence electrons. The molecule has 1 unspecified atom stereocenters. The minimum absolute atomic E-state index is 0.412. The molecule has 1 fully saturated rings. The Labute approximate surface area is 93.2 Å². The Morgan fingerprint density at radius 3 is 3.00 bits per heavy atom. The van der Waals surface area contributed by atoms with Crippen LogP contribution in [0.2, 0.25) is 5.15 Å². The molecule has 1 atom stereocenters. The largest absolute Gasteiger partial charge is 0.396 e. The number of hydrogen-bond acceptors (Lipinski definition) is 3. The third-order valence-corrected chi connectivity index (χ3v) is 4.19. The molecule has 1 aromatic heterocycles. The SMILES string of the molecule is Nc1cc(C2CCCCS2)cnc1Cl. The molecular weight excluding hydrogens is 216 g/mol. The first-order chi connectivity index (χ1) is 6.77. The van der Waals surface area contributed by atoms with Gasteiger partial charge in [-0.25, -0.2) is 4.98 Å². The van der Waals surface area contributed by atoms with Gasteiger partial charge in [-0.05, 0) is 30.2 Å². The van der Waals surface area contributed by atoms with Crippen LogP contribution in [0.1, 0.15) is 30.1 Å². The first-order valence-corrected chi connectivity index (χ1v) is 6.22. The Kier molecular flexibility index (Phi) is 3.19. The second kappa shape index (κ2) is 4.41. The maximum Gasteiger partial charge on any atom is 0.151 e. The van der Waals surface area contributed by atoms with Gasteiger partial charge in [-0.3, -0.25) is 0 Å². The Morgan fingerprint density at radius 2 is 2.36 bits per heavy atom. The zero-order valence-electron chi connectivity index (χ0n) is 7.87. The molecule has 0 radical (unpaired) electrons. The lowest BCUT2D eigenvalue weighted by Crippen LogP contribution is -2.03. The van der Waals surface area contributed by atoms with E-state index in [1.165, 1.54) is 30.6 Å². The molecule has 0 aromatic carbocycles. The fraction of sp³-hybridized carbons (Fsp3) is 0.500. The maximum absolute atomic E-state index is 5.78. The van der Waals surface area contributed by atoms with Gasteiger partial charge in [0.25, 0.3) is 0 Å². The van der Waals surface area contributed by atoms with E-state index in [9.17, 15) is 0 Å². The third kappa shape index (κ3) is 2.15. The quantitative estimate of drug-likeness (QED) is 0.750. The number of aromatic nitrogens is 1. The van der Waals surface area contributed by atoms with Gasteiger partial charge in [-0.2, -0.15) is 11.8 Å². The molecule has 0 spiro atoms. The van der Waals surface area contributed by atoms with Gasteiger partial charge in [0.1, 0.15) is 0 Å². The van der Waals surface area contributed by atoms with Crippen molar-refractivity contribution in [2.45, 2.75) is 24.5 Å². The van der Waals surface area contributed by atoms with Crippen LogP contribution in [0.5, 0.6) is 0 Å². The minimum atomic E-state index is 0.412. The second-order valence-corrected chi connectivity index (χ2v) is 5.17. The van der Waals surface area contributed by atoms with Crippen molar-refractivity contribution in [1.29, 1.82) is 0 Å².